The van der Waals surface area contributed by atoms with Crippen molar-refractivity contribution < 1.29 is 8.42 Å². The number of rotatable bonds is 4. The van der Waals surface area contributed by atoms with Crippen molar-refractivity contribution in [3.8, 4) is 0 Å². The lowest BCUT2D eigenvalue weighted by Crippen LogP contribution is -2.45. The molecular formula is C15H30IN3O2S. The molecule has 2 aliphatic rings. The van der Waals surface area contributed by atoms with Crippen molar-refractivity contribution in [2.24, 2.45) is 16.8 Å². The predicted octanol–water partition coefficient (Wildman–Crippen LogP) is 2.13. The molecule has 130 valence electrons. The Balaban J connectivity index is 0.00000242. The van der Waals surface area contributed by atoms with Crippen molar-refractivity contribution in [2.45, 2.75) is 39.5 Å². The van der Waals surface area contributed by atoms with Crippen LogP contribution in [0.2, 0.25) is 0 Å². The lowest BCUT2D eigenvalue weighted by molar-refractivity contribution is 0.272. The number of halogens is 1. The maximum atomic E-state index is 11.5. The third-order valence-electron chi connectivity index (χ3n) is 4.44. The summed E-state index contributed by atoms with van der Waals surface area (Å²) in [7, 11) is -2.80. The summed E-state index contributed by atoms with van der Waals surface area (Å²) in [4.78, 5) is 7.06. The maximum absolute atomic E-state index is 11.5. The van der Waals surface area contributed by atoms with Gasteiger partial charge in [0.2, 0.25) is 0 Å². The maximum Gasteiger partial charge on any atom is 0.193 e. The van der Waals surface area contributed by atoms with Crippen LogP contribution < -0.4 is 5.32 Å². The van der Waals surface area contributed by atoms with Gasteiger partial charge in [-0.25, -0.2) is 8.42 Å². The standard InChI is InChI=1S/C15H29N3O2S.HI/c1-3-7-16-15(18-8-4-13(2)5-9-18)17-11-14-6-10-21(19,20)12-14;/h13-14H,3-12H2,1-2H3,(H,16,17);1H. The Kier molecular flexibility index (Phi) is 8.45. The fraction of sp³-hybridized carbons (Fsp3) is 0.933. The Morgan fingerprint density at radius 1 is 1.27 bits per heavy atom. The van der Waals surface area contributed by atoms with Gasteiger partial charge in [0, 0.05) is 26.2 Å². The van der Waals surface area contributed by atoms with Crippen molar-refractivity contribution in [2.75, 3.05) is 37.7 Å². The van der Waals surface area contributed by atoms with E-state index in [0.717, 1.165) is 44.4 Å². The molecule has 1 unspecified atom stereocenters. The Hall–Kier alpha value is -0.0500. The number of aliphatic imine (C=N–C) groups is 1. The Morgan fingerprint density at radius 3 is 2.50 bits per heavy atom. The lowest BCUT2D eigenvalue weighted by atomic mass is 9.99. The summed E-state index contributed by atoms with van der Waals surface area (Å²) in [6, 6.07) is 0. The second-order valence-electron chi connectivity index (χ2n) is 6.53. The first kappa shape index (κ1) is 20.0. The van der Waals surface area contributed by atoms with Gasteiger partial charge < -0.3 is 10.2 Å². The van der Waals surface area contributed by atoms with Crippen molar-refractivity contribution in [1.29, 1.82) is 0 Å². The minimum atomic E-state index is -2.80. The number of guanidine groups is 1. The fourth-order valence-electron chi connectivity index (χ4n) is 2.96. The molecule has 22 heavy (non-hydrogen) atoms. The first-order chi connectivity index (χ1) is 10.00. The molecule has 0 aliphatic carbocycles. The van der Waals surface area contributed by atoms with Crippen LogP contribution >= 0.6 is 24.0 Å². The van der Waals surface area contributed by atoms with Gasteiger partial charge in [-0.05, 0) is 37.5 Å². The Morgan fingerprint density at radius 2 is 1.95 bits per heavy atom. The molecule has 0 aromatic rings. The predicted molar refractivity (Wildman–Crippen MR) is 103 cm³/mol. The summed E-state index contributed by atoms with van der Waals surface area (Å²) in [6.45, 7) is 8.12. The number of nitrogens with zero attached hydrogens (tertiary/aromatic N) is 2. The van der Waals surface area contributed by atoms with Gasteiger partial charge in [0.15, 0.2) is 15.8 Å². The van der Waals surface area contributed by atoms with Crippen molar-refractivity contribution in [1.82, 2.24) is 10.2 Å². The molecule has 0 aromatic carbocycles. The van der Waals surface area contributed by atoms with Gasteiger partial charge in [-0.1, -0.05) is 13.8 Å². The van der Waals surface area contributed by atoms with Gasteiger partial charge in [0.05, 0.1) is 11.5 Å². The Labute approximate surface area is 152 Å². The largest absolute Gasteiger partial charge is 0.356 e. The zero-order valence-corrected chi connectivity index (χ0v) is 16.9. The molecular weight excluding hydrogens is 413 g/mol. The summed E-state index contributed by atoms with van der Waals surface area (Å²) in [6.07, 6.45) is 4.26. The van der Waals surface area contributed by atoms with E-state index in [0.29, 0.717) is 18.1 Å². The monoisotopic (exact) mass is 443 g/mol. The molecule has 2 heterocycles. The van der Waals surface area contributed by atoms with Gasteiger partial charge in [-0.15, -0.1) is 24.0 Å². The molecule has 0 aromatic heterocycles. The van der Waals surface area contributed by atoms with Crippen LogP contribution in [0.15, 0.2) is 4.99 Å². The normalized spacial score (nSPS) is 25.8. The van der Waals surface area contributed by atoms with E-state index in [1.807, 2.05) is 0 Å². The molecule has 2 aliphatic heterocycles. The molecule has 2 saturated heterocycles. The molecule has 0 saturated carbocycles. The van der Waals surface area contributed by atoms with Crippen LogP contribution in [0.25, 0.3) is 0 Å². The first-order valence-electron chi connectivity index (χ1n) is 8.24. The van der Waals surface area contributed by atoms with Crippen LogP contribution in [-0.4, -0.2) is 57.0 Å². The smallest absolute Gasteiger partial charge is 0.193 e. The lowest BCUT2D eigenvalue weighted by Gasteiger charge is -2.33. The summed E-state index contributed by atoms with van der Waals surface area (Å²) in [5.74, 6) is 2.64. The van der Waals surface area contributed by atoms with Crippen LogP contribution in [0.5, 0.6) is 0 Å². The quantitative estimate of drug-likeness (QED) is 0.411. The SMILES string of the molecule is CCCNC(=NCC1CCS(=O)(=O)C1)N1CCC(C)CC1.I. The molecule has 0 spiro atoms. The Bertz CT molecular complexity index is 459. The van der Waals surface area contributed by atoms with Crippen molar-refractivity contribution in [3.05, 3.63) is 0 Å². The van der Waals surface area contributed by atoms with Crippen LogP contribution in [0.1, 0.15) is 39.5 Å². The van der Waals surface area contributed by atoms with Gasteiger partial charge in [0.25, 0.3) is 0 Å². The molecule has 1 N–H and O–H groups in total. The van der Waals surface area contributed by atoms with Gasteiger partial charge in [-0.2, -0.15) is 0 Å². The van der Waals surface area contributed by atoms with E-state index in [1.165, 1.54) is 12.8 Å². The number of hydrogen-bond acceptors (Lipinski definition) is 3. The number of nitrogens with one attached hydrogen (secondary N) is 1. The molecule has 1 atom stereocenters. The molecule has 5 nitrogen and oxygen atoms in total. The molecule has 0 bridgehead atoms. The zero-order chi connectivity index (χ0) is 15.3. The van der Waals surface area contributed by atoms with Crippen LogP contribution in [0.4, 0.5) is 0 Å². The summed E-state index contributed by atoms with van der Waals surface area (Å²) in [5, 5.41) is 3.43. The topological polar surface area (TPSA) is 61.8 Å². The second kappa shape index (κ2) is 9.30. The summed E-state index contributed by atoms with van der Waals surface area (Å²) in [5.41, 5.74) is 0. The summed E-state index contributed by atoms with van der Waals surface area (Å²) >= 11 is 0. The first-order valence-corrected chi connectivity index (χ1v) is 10.1. The average molecular weight is 443 g/mol. The van der Waals surface area contributed by atoms with E-state index in [9.17, 15) is 8.42 Å². The van der Waals surface area contributed by atoms with Gasteiger partial charge in [-0.3, -0.25) is 4.99 Å². The third-order valence-corrected chi connectivity index (χ3v) is 6.28. The van der Waals surface area contributed by atoms with Gasteiger partial charge in [0.1, 0.15) is 0 Å². The van der Waals surface area contributed by atoms with Crippen LogP contribution in [0.3, 0.4) is 0 Å². The number of likely N-dealkylation sites (tertiary alicyclic amines) is 1. The second-order valence-corrected chi connectivity index (χ2v) is 8.76. The molecule has 0 radical (unpaired) electrons. The zero-order valence-electron chi connectivity index (χ0n) is 13.8. The van der Waals surface area contributed by atoms with E-state index >= 15 is 0 Å². The van der Waals surface area contributed by atoms with E-state index in [1.54, 1.807) is 0 Å². The molecule has 2 fully saturated rings. The van der Waals surface area contributed by atoms with E-state index in [-0.39, 0.29) is 29.9 Å². The molecule has 0 amide bonds. The van der Waals surface area contributed by atoms with E-state index < -0.39 is 9.84 Å². The minimum Gasteiger partial charge on any atom is -0.356 e. The average Bonchev–Trinajstić information content (AvgIpc) is 2.80. The van der Waals surface area contributed by atoms with E-state index in [4.69, 9.17) is 4.99 Å². The highest BCUT2D eigenvalue weighted by atomic mass is 127. The van der Waals surface area contributed by atoms with E-state index in [2.05, 4.69) is 24.1 Å². The third kappa shape index (κ3) is 6.22. The summed E-state index contributed by atoms with van der Waals surface area (Å²) < 4.78 is 23.0. The molecule has 7 heteroatoms. The van der Waals surface area contributed by atoms with Crippen molar-refractivity contribution in [3.63, 3.8) is 0 Å². The van der Waals surface area contributed by atoms with Crippen LogP contribution in [-0.2, 0) is 9.84 Å². The highest BCUT2D eigenvalue weighted by Gasteiger charge is 2.28. The highest BCUT2D eigenvalue weighted by Crippen LogP contribution is 2.19. The number of sulfone groups is 1. The number of hydrogen-bond donors (Lipinski definition) is 1. The highest BCUT2D eigenvalue weighted by molar-refractivity contribution is 14.0. The van der Waals surface area contributed by atoms with Crippen molar-refractivity contribution >= 4 is 39.8 Å². The minimum absolute atomic E-state index is 0. The number of piperidine rings is 1. The fourth-order valence-corrected chi connectivity index (χ4v) is 4.81. The van der Waals surface area contributed by atoms with Crippen LogP contribution in [0, 0.1) is 11.8 Å². The molecule has 2 rings (SSSR count). The van der Waals surface area contributed by atoms with Gasteiger partial charge >= 0.3 is 0 Å².